The molecule has 2 fully saturated rings. The van der Waals surface area contributed by atoms with Crippen LogP contribution in [0.5, 0.6) is 0 Å². The number of aromatic nitrogens is 3. The van der Waals surface area contributed by atoms with E-state index in [1.165, 1.54) is 0 Å². The van der Waals surface area contributed by atoms with Gasteiger partial charge in [-0.25, -0.2) is 4.68 Å². The van der Waals surface area contributed by atoms with Gasteiger partial charge in [-0.15, -0.1) is 5.10 Å². The van der Waals surface area contributed by atoms with Gasteiger partial charge in [-0.1, -0.05) is 23.7 Å². The van der Waals surface area contributed by atoms with Crippen molar-refractivity contribution in [2.45, 2.75) is 51.8 Å². The normalized spacial score (nSPS) is 26.7. The molecule has 1 aromatic carbocycles. The molecule has 6 nitrogen and oxygen atoms in total. The van der Waals surface area contributed by atoms with Crippen LogP contribution in [-0.4, -0.2) is 33.5 Å². The van der Waals surface area contributed by atoms with E-state index in [2.05, 4.69) is 22.6 Å². The Bertz CT molecular complexity index is 810. The summed E-state index contributed by atoms with van der Waals surface area (Å²) in [6, 6.07) is 7.71. The van der Waals surface area contributed by atoms with Gasteiger partial charge in [0.25, 0.3) is 5.91 Å². The number of carbonyl (C=O) groups is 1. The molecule has 1 amide bonds. The van der Waals surface area contributed by atoms with Crippen LogP contribution in [0.2, 0.25) is 5.02 Å². The summed E-state index contributed by atoms with van der Waals surface area (Å²) in [6.45, 7) is 5.33. The second-order valence-corrected chi connectivity index (χ2v) is 8.29. The molecule has 3 unspecified atom stereocenters. The number of nitrogens with zero attached hydrogens (tertiary/aromatic N) is 3. The number of hydrogen-bond acceptors (Lipinski definition) is 4. The Balaban J connectivity index is 1.32. The molecule has 28 heavy (non-hydrogen) atoms. The van der Waals surface area contributed by atoms with E-state index < -0.39 is 0 Å². The van der Waals surface area contributed by atoms with E-state index in [0.717, 1.165) is 25.0 Å². The van der Waals surface area contributed by atoms with Crippen LogP contribution in [0.15, 0.2) is 30.5 Å². The van der Waals surface area contributed by atoms with Gasteiger partial charge in [0.2, 0.25) is 0 Å². The van der Waals surface area contributed by atoms with Gasteiger partial charge in [0, 0.05) is 23.2 Å². The number of nitrogens with one attached hydrogen (secondary N) is 1. The molecule has 0 radical (unpaired) electrons. The lowest BCUT2D eigenvalue weighted by atomic mass is 9.99. The number of benzene rings is 1. The highest BCUT2D eigenvalue weighted by Gasteiger charge is 2.59. The summed E-state index contributed by atoms with van der Waals surface area (Å²) >= 11 is 5.91. The van der Waals surface area contributed by atoms with Gasteiger partial charge in [-0.2, -0.15) is 0 Å². The number of ether oxygens (including phenoxy) is 1. The molecule has 4 rings (SSSR count). The first-order valence-electron chi connectivity index (χ1n) is 10.2. The molecule has 7 heteroatoms. The van der Waals surface area contributed by atoms with Crippen molar-refractivity contribution in [3.8, 4) is 0 Å². The average Bonchev–Trinajstić information content (AvgIpc) is 3.06. The molecule has 0 bridgehead atoms. The Morgan fingerprint density at radius 2 is 2.00 bits per heavy atom. The van der Waals surface area contributed by atoms with E-state index in [9.17, 15) is 4.79 Å². The van der Waals surface area contributed by atoms with E-state index in [-0.39, 0.29) is 11.9 Å². The Morgan fingerprint density at radius 3 is 2.64 bits per heavy atom. The van der Waals surface area contributed by atoms with Crippen LogP contribution in [0, 0.1) is 17.8 Å². The standard InChI is InChI=1S/C21H27ClN4O2/c1-3-19(23-21(27)13-5-7-14(22)8-6-13)20-17-9-16(10-18(17)20)26-11-15(24-25-26)12-28-4-2/h5-8,11,16-20H,3-4,9-10,12H2,1-2H3,(H,23,27). The van der Waals surface area contributed by atoms with Crippen LogP contribution < -0.4 is 5.32 Å². The number of carbonyl (C=O) groups excluding carboxylic acids is 1. The molecule has 0 aliphatic heterocycles. The van der Waals surface area contributed by atoms with Gasteiger partial charge in [0.05, 0.1) is 18.8 Å². The zero-order valence-electron chi connectivity index (χ0n) is 16.3. The van der Waals surface area contributed by atoms with Crippen molar-refractivity contribution < 1.29 is 9.53 Å². The average molecular weight is 403 g/mol. The van der Waals surface area contributed by atoms with Gasteiger partial charge in [-0.05, 0) is 68.2 Å². The maximum atomic E-state index is 12.6. The first kappa shape index (κ1) is 19.4. The molecule has 3 atom stereocenters. The van der Waals surface area contributed by atoms with Crippen LogP contribution >= 0.6 is 11.6 Å². The van der Waals surface area contributed by atoms with Crippen molar-refractivity contribution >= 4 is 17.5 Å². The topological polar surface area (TPSA) is 69.0 Å². The van der Waals surface area contributed by atoms with Gasteiger partial charge < -0.3 is 10.1 Å². The van der Waals surface area contributed by atoms with Gasteiger partial charge in [0.15, 0.2) is 0 Å². The van der Waals surface area contributed by atoms with E-state index in [1.807, 2.05) is 17.8 Å². The third kappa shape index (κ3) is 3.94. The minimum atomic E-state index is -0.0121. The number of fused-ring (bicyclic) bond motifs is 1. The highest BCUT2D eigenvalue weighted by atomic mass is 35.5. The zero-order valence-corrected chi connectivity index (χ0v) is 17.1. The lowest BCUT2D eigenvalue weighted by molar-refractivity contribution is 0.0926. The van der Waals surface area contributed by atoms with Crippen LogP contribution in [0.4, 0.5) is 0 Å². The molecule has 0 spiro atoms. The van der Waals surface area contributed by atoms with Crippen molar-refractivity contribution in [1.29, 1.82) is 0 Å². The maximum Gasteiger partial charge on any atom is 0.251 e. The third-order valence-electron chi connectivity index (χ3n) is 6.20. The summed E-state index contributed by atoms with van der Waals surface area (Å²) in [5, 5.41) is 12.4. The Hall–Kier alpha value is -1.92. The van der Waals surface area contributed by atoms with Gasteiger partial charge in [-0.3, -0.25) is 4.79 Å². The van der Waals surface area contributed by atoms with Crippen molar-refractivity contribution in [2.24, 2.45) is 17.8 Å². The summed E-state index contributed by atoms with van der Waals surface area (Å²) in [4.78, 5) is 12.6. The number of halogens is 1. The number of amides is 1. The van der Waals surface area contributed by atoms with Crippen molar-refractivity contribution in [1.82, 2.24) is 20.3 Å². The predicted molar refractivity (Wildman–Crippen MR) is 107 cm³/mol. The molecule has 2 saturated carbocycles. The van der Waals surface area contributed by atoms with Crippen LogP contribution in [0.25, 0.3) is 0 Å². The first-order valence-corrected chi connectivity index (χ1v) is 10.5. The molecule has 0 saturated heterocycles. The summed E-state index contributed by atoms with van der Waals surface area (Å²) < 4.78 is 7.41. The monoisotopic (exact) mass is 402 g/mol. The molecule has 2 aromatic rings. The molecular weight excluding hydrogens is 376 g/mol. The largest absolute Gasteiger partial charge is 0.375 e. The molecule has 2 aliphatic rings. The van der Waals surface area contributed by atoms with Gasteiger partial charge in [0.1, 0.15) is 5.69 Å². The lowest BCUT2D eigenvalue weighted by Gasteiger charge is -2.21. The summed E-state index contributed by atoms with van der Waals surface area (Å²) in [6.07, 6.45) is 5.18. The third-order valence-corrected chi connectivity index (χ3v) is 6.45. The summed E-state index contributed by atoms with van der Waals surface area (Å²) in [7, 11) is 0. The lowest BCUT2D eigenvalue weighted by Crippen LogP contribution is -2.37. The van der Waals surface area contributed by atoms with Crippen molar-refractivity contribution in [3.05, 3.63) is 46.7 Å². The van der Waals surface area contributed by atoms with E-state index >= 15 is 0 Å². The summed E-state index contributed by atoms with van der Waals surface area (Å²) in [5.41, 5.74) is 1.55. The Morgan fingerprint density at radius 1 is 1.29 bits per heavy atom. The fourth-order valence-electron chi connectivity index (χ4n) is 4.76. The smallest absolute Gasteiger partial charge is 0.251 e. The number of rotatable bonds is 8. The Kier molecular flexibility index (Phi) is 5.69. The minimum Gasteiger partial charge on any atom is -0.375 e. The quantitative estimate of drug-likeness (QED) is 0.727. The Labute approximate surface area is 170 Å². The van der Waals surface area contributed by atoms with E-state index in [0.29, 0.717) is 47.6 Å². The second kappa shape index (κ2) is 8.21. The SMILES string of the molecule is CCOCc1cn(C2CC3C(C2)C3C(CC)NC(=O)c2ccc(Cl)cc2)nn1. The van der Waals surface area contributed by atoms with E-state index in [1.54, 1.807) is 24.3 Å². The first-order chi connectivity index (χ1) is 13.6. The molecule has 1 N–H and O–H groups in total. The van der Waals surface area contributed by atoms with Crippen molar-refractivity contribution in [3.63, 3.8) is 0 Å². The van der Waals surface area contributed by atoms with Crippen LogP contribution in [0.3, 0.4) is 0 Å². The van der Waals surface area contributed by atoms with Gasteiger partial charge >= 0.3 is 0 Å². The highest BCUT2D eigenvalue weighted by molar-refractivity contribution is 6.30. The fourth-order valence-corrected chi connectivity index (χ4v) is 4.89. The molecule has 1 heterocycles. The predicted octanol–water partition coefficient (Wildman–Crippen LogP) is 3.87. The molecule has 150 valence electrons. The van der Waals surface area contributed by atoms with Crippen molar-refractivity contribution in [2.75, 3.05) is 6.61 Å². The van der Waals surface area contributed by atoms with E-state index in [4.69, 9.17) is 16.3 Å². The minimum absolute atomic E-state index is 0.0121. The maximum absolute atomic E-state index is 12.6. The second-order valence-electron chi connectivity index (χ2n) is 7.85. The molecule has 1 aromatic heterocycles. The van der Waals surface area contributed by atoms with Crippen LogP contribution in [-0.2, 0) is 11.3 Å². The number of hydrogen-bond donors (Lipinski definition) is 1. The molecular formula is C21H27ClN4O2. The molecule has 2 aliphatic carbocycles. The summed E-state index contributed by atoms with van der Waals surface area (Å²) in [5.74, 6) is 1.89. The zero-order chi connectivity index (χ0) is 19.7. The fraction of sp³-hybridized carbons (Fsp3) is 0.571. The van der Waals surface area contributed by atoms with Crippen LogP contribution in [0.1, 0.15) is 55.2 Å². The highest BCUT2D eigenvalue weighted by Crippen LogP contribution is 2.62.